The topological polar surface area (TPSA) is 101 Å². The molecule has 0 unspecified atom stereocenters. The number of fused-ring (bicyclic) bond motifs is 3. The van der Waals surface area contributed by atoms with Gasteiger partial charge < -0.3 is 14.6 Å². The minimum Gasteiger partial charge on any atom is -0.493 e. The van der Waals surface area contributed by atoms with Gasteiger partial charge in [0.05, 0.1) is 19.9 Å². The molecule has 9 heteroatoms. The van der Waals surface area contributed by atoms with Crippen molar-refractivity contribution in [1.29, 1.82) is 0 Å². The minimum atomic E-state index is -0.932. The maximum absolute atomic E-state index is 13.0. The molecule has 8 nitrogen and oxygen atoms in total. The standard InChI is InChI=1S/C22H27N3O5S/c1-12(21(27)28)31-22-23-15-11-18(30-3)17(29-2)10-14(15)19-24-20(26)16(25(19)22)9-13-7-5-4-6-8-13/h10-13,16H,4-9H2,1-3H3,(H,27,28)/t12-,16-/m1/s1. The van der Waals surface area contributed by atoms with Gasteiger partial charge in [0.2, 0.25) is 0 Å². The van der Waals surface area contributed by atoms with Crippen LogP contribution in [0.5, 0.6) is 11.5 Å². The van der Waals surface area contributed by atoms with Crippen molar-refractivity contribution in [1.82, 2.24) is 4.90 Å². The third-order valence-electron chi connectivity index (χ3n) is 6.12. The maximum atomic E-state index is 13.0. The number of aliphatic imine (C=N–C) groups is 2. The summed E-state index contributed by atoms with van der Waals surface area (Å²) in [6.45, 7) is 1.62. The first-order chi connectivity index (χ1) is 14.9. The molecule has 3 aliphatic rings. The van der Waals surface area contributed by atoms with E-state index in [0.29, 0.717) is 46.1 Å². The number of thioether (sulfide) groups is 1. The van der Waals surface area contributed by atoms with Crippen LogP contribution >= 0.6 is 11.8 Å². The summed E-state index contributed by atoms with van der Waals surface area (Å²) in [7, 11) is 3.10. The Labute approximate surface area is 185 Å². The zero-order valence-corrected chi connectivity index (χ0v) is 18.8. The first kappa shape index (κ1) is 21.7. The number of aliphatic carboxylic acids is 1. The lowest BCUT2D eigenvalue weighted by Gasteiger charge is -2.34. The SMILES string of the molecule is COc1cc2c(cc1OC)C1=NC(=O)[C@@H](CC3CCCCC3)N1C(S[C@H](C)C(=O)O)=N2. The molecule has 0 radical (unpaired) electrons. The van der Waals surface area contributed by atoms with Crippen LogP contribution in [0.2, 0.25) is 0 Å². The summed E-state index contributed by atoms with van der Waals surface area (Å²) in [5.74, 6) is 0.886. The fraction of sp³-hybridized carbons (Fsp3) is 0.545. The minimum absolute atomic E-state index is 0.195. The molecule has 31 heavy (non-hydrogen) atoms. The van der Waals surface area contributed by atoms with Crippen molar-refractivity contribution >= 4 is 40.3 Å². The van der Waals surface area contributed by atoms with Crippen molar-refractivity contribution in [2.45, 2.75) is 56.7 Å². The fourth-order valence-electron chi connectivity index (χ4n) is 4.44. The lowest BCUT2D eigenvalue weighted by Crippen LogP contribution is -2.45. The van der Waals surface area contributed by atoms with Gasteiger partial charge >= 0.3 is 5.97 Å². The number of carboxylic acids is 1. The zero-order chi connectivity index (χ0) is 22.1. The lowest BCUT2D eigenvalue weighted by molar-refractivity contribution is -0.136. The number of benzene rings is 1. The maximum Gasteiger partial charge on any atom is 0.316 e. The Morgan fingerprint density at radius 2 is 1.87 bits per heavy atom. The molecular weight excluding hydrogens is 418 g/mol. The second-order valence-electron chi connectivity index (χ2n) is 8.12. The first-order valence-electron chi connectivity index (χ1n) is 10.6. The Kier molecular flexibility index (Phi) is 6.22. The Hall–Kier alpha value is -2.55. The molecule has 1 amide bonds. The van der Waals surface area contributed by atoms with E-state index in [4.69, 9.17) is 14.5 Å². The largest absolute Gasteiger partial charge is 0.493 e. The number of nitrogens with zero attached hydrogens (tertiary/aromatic N) is 3. The lowest BCUT2D eigenvalue weighted by atomic mass is 9.84. The van der Waals surface area contributed by atoms with Crippen LogP contribution in [0.15, 0.2) is 22.1 Å². The molecule has 0 aromatic heterocycles. The van der Waals surface area contributed by atoms with E-state index in [-0.39, 0.29) is 5.91 Å². The summed E-state index contributed by atoms with van der Waals surface area (Å²) in [5, 5.41) is 9.22. The second-order valence-corrected chi connectivity index (χ2v) is 9.42. The van der Waals surface area contributed by atoms with Crippen molar-refractivity contribution in [2.24, 2.45) is 15.9 Å². The number of methoxy groups -OCH3 is 2. The van der Waals surface area contributed by atoms with E-state index < -0.39 is 17.3 Å². The molecule has 4 rings (SSSR count). The Bertz CT molecular complexity index is 955. The monoisotopic (exact) mass is 445 g/mol. The molecule has 0 saturated heterocycles. The molecule has 1 aromatic carbocycles. The van der Waals surface area contributed by atoms with Crippen molar-refractivity contribution in [3.8, 4) is 11.5 Å². The summed E-state index contributed by atoms with van der Waals surface area (Å²) in [4.78, 5) is 35.5. The van der Waals surface area contributed by atoms with Crippen LogP contribution in [0, 0.1) is 5.92 Å². The highest BCUT2D eigenvalue weighted by Gasteiger charge is 2.44. The third kappa shape index (κ3) is 4.15. The van der Waals surface area contributed by atoms with Gasteiger partial charge in [-0.1, -0.05) is 43.9 Å². The van der Waals surface area contributed by atoms with Gasteiger partial charge in [0.1, 0.15) is 17.1 Å². The highest BCUT2D eigenvalue weighted by Crippen LogP contribution is 2.42. The van der Waals surface area contributed by atoms with Gasteiger partial charge in [-0.2, -0.15) is 4.99 Å². The molecule has 2 atom stereocenters. The van der Waals surface area contributed by atoms with Crippen molar-refractivity contribution < 1.29 is 24.2 Å². The van der Waals surface area contributed by atoms with E-state index >= 15 is 0 Å². The van der Waals surface area contributed by atoms with Gasteiger partial charge in [0.15, 0.2) is 16.7 Å². The summed E-state index contributed by atoms with van der Waals surface area (Å²) in [6.07, 6.45) is 6.54. The van der Waals surface area contributed by atoms with E-state index in [1.807, 2.05) is 4.90 Å². The molecule has 1 aromatic rings. The van der Waals surface area contributed by atoms with E-state index in [9.17, 15) is 14.7 Å². The predicted molar refractivity (Wildman–Crippen MR) is 120 cm³/mol. The van der Waals surface area contributed by atoms with E-state index in [0.717, 1.165) is 24.6 Å². The second kappa shape index (κ2) is 8.90. The molecule has 0 bridgehead atoms. The number of hydrogen-bond donors (Lipinski definition) is 1. The third-order valence-corrected chi connectivity index (χ3v) is 7.17. The number of amides is 1. The van der Waals surface area contributed by atoms with Gasteiger partial charge in [-0.05, 0) is 25.3 Å². The molecule has 2 heterocycles. The van der Waals surface area contributed by atoms with E-state index in [1.165, 1.54) is 19.3 Å². The normalized spacial score (nSPS) is 21.7. The molecule has 1 saturated carbocycles. The average molecular weight is 446 g/mol. The number of hydrogen-bond acceptors (Lipinski definition) is 7. The van der Waals surface area contributed by atoms with Crippen molar-refractivity contribution in [3.63, 3.8) is 0 Å². The van der Waals surface area contributed by atoms with Crippen LogP contribution in [0.1, 0.15) is 51.0 Å². The highest BCUT2D eigenvalue weighted by atomic mass is 32.2. The molecule has 0 spiro atoms. The quantitative estimate of drug-likeness (QED) is 0.710. The van der Waals surface area contributed by atoms with Gasteiger partial charge in [-0.25, -0.2) is 4.99 Å². The number of rotatable bonds is 6. The molecular formula is C22H27N3O5S. The smallest absolute Gasteiger partial charge is 0.316 e. The number of amidine groups is 2. The molecule has 1 N–H and O–H groups in total. The number of carbonyl (C=O) groups is 2. The molecule has 1 aliphatic carbocycles. The summed E-state index contributed by atoms with van der Waals surface area (Å²) < 4.78 is 10.8. The van der Waals surface area contributed by atoms with Gasteiger partial charge in [-0.15, -0.1) is 0 Å². The van der Waals surface area contributed by atoms with Gasteiger partial charge in [0, 0.05) is 11.6 Å². The first-order valence-corrected chi connectivity index (χ1v) is 11.5. The number of ether oxygens (including phenoxy) is 2. The van der Waals surface area contributed by atoms with Crippen molar-refractivity contribution in [3.05, 3.63) is 17.7 Å². The summed E-state index contributed by atoms with van der Waals surface area (Å²) >= 11 is 1.13. The number of carbonyl (C=O) groups excluding carboxylic acids is 1. The van der Waals surface area contributed by atoms with Crippen LogP contribution in [-0.2, 0) is 9.59 Å². The molecule has 2 aliphatic heterocycles. The van der Waals surface area contributed by atoms with Crippen LogP contribution in [-0.4, -0.2) is 58.4 Å². The van der Waals surface area contributed by atoms with Crippen molar-refractivity contribution in [2.75, 3.05) is 14.2 Å². The predicted octanol–water partition coefficient (Wildman–Crippen LogP) is 3.84. The Morgan fingerprint density at radius 3 is 2.52 bits per heavy atom. The van der Waals surface area contributed by atoms with E-state index in [1.54, 1.807) is 33.3 Å². The van der Waals surface area contributed by atoms with E-state index in [2.05, 4.69) is 4.99 Å². The summed E-state index contributed by atoms with van der Waals surface area (Å²) in [5.41, 5.74) is 1.27. The van der Waals surface area contributed by atoms with Crippen LogP contribution in [0.4, 0.5) is 5.69 Å². The van der Waals surface area contributed by atoms with Crippen LogP contribution in [0.3, 0.4) is 0 Å². The Morgan fingerprint density at radius 1 is 1.19 bits per heavy atom. The Balaban J connectivity index is 1.75. The molecule has 1 fully saturated rings. The molecule has 166 valence electrons. The van der Waals surface area contributed by atoms with Gasteiger partial charge in [-0.3, -0.25) is 14.5 Å². The number of carboxylic acid groups (broad SMARTS) is 1. The van der Waals surface area contributed by atoms with Crippen LogP contribution < -0.4 is 9.47 Å². The van der Waals surface area contributed by atoms with Gasteiger partial charge in [0.25, 0.3) is 5.91 Å². The van der Waals surface area contributed by atoms with Crippen LogP contribution in [0.25, 0.3) is 0 Å². The highest BCUT2D eigenvalue weighted by molar-refractivity contribution is 8.14. The summed E-state index contributed by atoms with van der Waals surface area (Å²) in [6, 6.07) is 3.06. The average Bonchev–Trinajstić information content (AvgIpc) is 3.09. The fourth-order valence-corrected chi connectivity index (χ4v) is 5.33. The zero-order valence-electron chi connectivity index (χ0n) is 18.0.